The molecule has 3 aromatic rings. The highest BCUT2D eigenvalue weighted by Gasteiger charge is 2.27. The molecule has 4 rings (SSSR count). The number of esters is 1. The number of methoxy groups -OCH3 is 1. The number of allylic oxidation sites excluding steroid dienone is 1. The highest BCUT2D eigenvalue weighted by Crippen LogP contribution is 2.35. The van der Waals surface area contributed by atoms with Crippen LogP contribution >= 0.6 is 0 Å². The van der Waals surface area contributed by atoms with E-state index in [0.717, 1.165) is 16.7 Å². The van der Waals surface area contributed by atoms with Gasteiger partial charge in [-0.3, -0.25) is 4.79 Å². The van der Waals surface area contributed by atoms with Crippen molar-refractivity contribution in [3.8, 4) is 11.5 Å². The smallest absolute Gasteiger partial charge is 0.337 e. The molecule has 0 saturated heterocycles. The number of aryl methyl sites for hydroxylation is 1. The fourth-order valence-corrected chi connectivity index (χ4v) is 3.09. The van der Waals surface area contributed by atoms with Crippen LogP contribution in [0, 0.1) is 6.92 Å². The van der Waals surface area contributed by atoms with Gasteiger partial charge in [-0.25, -0.2) is 4.79 Å². The molecule has 0 unspecified atom stereocenters. The minimum absolute atomic E-state index is 0.143. The molecule has 0 saturated carbocycles. The quantitative estimate of drug-likeness (QED) is 0.447. The van der Waals surface area contributed by atoms with E-state index < -0.39 is 0 Å². The van der Waals surface area contributed by atoms with Gasteiger partial charge in [0, 0.05) is 6.07 Å². The van der Waals surface area contributed by atoms with Gasteiger partial charge in [0.05, 0.1) is 18.2 Å². The van der Waals surface area contributed by atoms with Crippen molar-refractivity contribution in [2.24, 2.45) is 0 Å². The molecule has 0 N–H and O–H groups in total. The van der Waals surface area contributed by atoms with E-state index in [4.69, 9.17) is 14.2 Å². The maximum atomic E-state index is 12.6. The first kappa shape index (κ1) is 19.5. The summed E-state index contributed by atoms with van der Waals surface area (Å²) in [4.78, 5) is 24.1. The second kappa shape index (κ2) is 8.25. The molecule has 1 heterocycles. The lowest BCUT2D eigenvalue weighted by molar-refractivity contribution is 0.0600. The molecule has 150 valence electrons. The summed E-state index contributed by atoms with van der Waals surface area (Å²) in [7, 11) is 1.35. The second-order valence-corrected chi connectivity index (χ2v) is 6.99. The summed E-state index contributed by atoms with van der Waals surface area (Å²) in [5.74, 6) is 0.851. The predicted octanol–water partition coefficient (Wildman–Crippen LogP) is 4.98. The molecule has 0 amide bonds. The van der Waals surface area contributed by atoms with E-state index in [1.807, 2.05) is 43.3 Å². The Bertz CT molecular complexity index is 1130. The number of hydrogen-bond acceptors (Lipinski definition) is 5. The van der Waals surface area contributed by atoms with Crippen LogP contribution in [0.2, 0.25) is 0 Å². The summed E-state index contributed by atoms with van der Waals surface area (Å²) in [6.07, 6.45) is 1.74. The van der Waals surface area contributed by atoms with E-state index in [0.29, 0.717) is 35.0 Å². The fourth-order valence-electron chi connectivity index (χ4n) is 3.09. The first-order valence-corrected chi connectivity index (χ1v) is 9.48. The molecule has 3 aromatic carbocycles. The maximum Gasteiger partial charge on any atom is 0.337 e. The number of carbonyl (C=O) groups is 2. The van der Waals surface area contributed by atoms with Crippen molar-refractivity contribution in [2.45, 2.75) is 13.5 Å². The van der Waals surface area contributed by atoms with E-state index >= 15 is 0 Å². The van der Waals surface area contributed by atoms with Gasteiger partial charge in [0.15, 0.2) is 5.76 Å². The summed E-state index contributed by atoms with van der Waals surface area (Å²) in [5.41, 5.74) is 3.96. The van der Waals surface area contributed by atoms with Crippen LogP contribution in [-0.2, 0) is 11.3 Å². The van der Waals surface area contributed by atoms with Crippen LogP contribution in [0.3, 0.4) is 0 Å². The molecule has 30 heavy (non-hydrogen) atoms. The minimum atomic E-state index is -0.377. The Kier molecular flexibility index (Phi) is 5.35. The molecule has 0 atom stereocenters. The minimum Gasteiger partial charge on any atom is -0.489 e. The Morgan fingerprint density at radius 1 is 1.00 bits per heavy atom. The van der Waals surface area contributed by atoms with Gasteiger partial charge >= 0.3 is 5.97 Å². The number of carbonyl (C=O) groups excluding carboxylic acids is 2. The van der Waals surface area contributed by atoms with E-state index in [2.05, 4.69) is 0 Å². The van der Waals surface area contributed by atoms with E-state index in [-0.39, 0.29) is 11.8 Å². The lowest BCUT2D eigenvalue weighted by Crippen LogP contribution is -2.02. The van der Waals surface area contributed by atoms with Crippen molar-refractivity contribution in [1.29, 1.82) is 0 Å². The van der Waals surface area contributed by atoms with Crippen molar-refractivity contribution in [1.82, 2.24) is 0 Å². The van der Waals surface area contributed by atoms with Crippen LogP contribution in [0.4, 0.5) is 0 Å². The first-order chi connectivity index (χ1) is 14.5. The predicted molar refractivity (Wildman–Crippen MR) is 113 cm³/mol. The highest BCUT2D eigenvalue weighted by molar-refractivity contribution is 6.14. The third kappa shape index (κ3) is 4.10. The molecule has 1 aliphatic heterocycles. The van der Waals surface area contributed by atoms with E-state index in [1.54, 1.807) is 36.4 Å². The number of rotatable bonds is 5. The van der Waals surface area contributed by atoms with Crippen LogP contribution in [0.5, 0.6) is 11.5 Å². The van der Waals surface area contributed by atoms with E-state index in [1.165, 1.54) is 7.11 Å². The summed E-state index contributed by atoms with van der Waals surface area (Å²) >= 11 is 0. The molecule has 0 aromatic heterocycles. The van der Waals surface area contributed by atoms with Gasteiger partial charge in [-0.1, -0.05) is 42.0 Å². The Hall–Kier alpha value is -3.86. The molecular weight excluding hydrogens is 380 g/mol. The number of ether oxygens (including phenoxy) is 3. The second-order valence-electron chi connectivity index (χ2n) is 6.99. The Morgan fingerprint density at radius 2 is 1.73 bits per heavy atom. The molecule has 0 radical (unpaired) electrons. The van der Waals surface area contributed by atoms with Crippen LogP contribution in [0.25, 0.3) is 6.08 Å². The molecule has 0 aliphatic carbocycles. The van der Waals surface area contributed by atoms with Crippen LogP contribution in [0.1, 0.15) is 37.4 Å². The van der Waals surface area contributed by atoms with Crippen molar-refractivity contribution < 1.29 is 23.8 Å². The summed E-state index contributed by atoms with van der Waals surface area (Å²) in [6, 6.07) is 20.0. The number of benzene rings is 3. The average molecular weight is 400 g/mol. The molecule has 0 bridgehead atoms. The summed E-state index contributed by atoms with van der Waals surface area (Å²) in [6.45, 7) is 2.33. The third-order valence-corrected chi connectivity index (χ3v) is 4.80. The fraction of sp³-hybridized carbons (Fsp3) is 0.120. The number of ketones is 1. The van der Waals surface area contributed by atoms with Gasteiger partial charge < -0.3 is 14.2 Å². The normalized spacial score (nSPS) is 13.7. The number of hydrogen-bond donors (Lipinski definition) is 0. The van der Waals surface area contributed by atoms with Gasteiger partial charge in [-0.05, 0) is 48.4 Å². The van der Waals surface area contributed by atoms with Crippen molar-refractivity contribution in [3.05, 3.63) is 100 Å². The molecule has 5 heteroatoms. The van der Waals surface area contributed by atoms with Gasteiger partial charge in [-0.2, -0.15) is 0 Å². The van der Waals surface area contributed by atoms with E-state index in [9.17, 15) is 9.59 Å². The summed E-state index contributed by atoms with van der Waals surface area (Å²) in [5, 5.41) is 0. The molecule has 5 nitrogen and oxygen atoms in total. The third-order valence-electron chi connectivity index (χ3n) is 4.80. The van der Waals surface area contributed by atoms with Crippen molar-refractivity contribution in [2.75, 3.05) is 7.11 Å². The van der Waals surface area contributed by atoms with Crippen molar-refractivity contribution in [3.63, 3.8) is 0 Å². The Balaban J connectivity index is 1.45. The zero-order chi connectivity index (χ0) is 21.1. The molecule has 1 aliphatic rings. The molecular formula is C25H20O5. The monoisotopic (exact) mass is 400 g/mol. The maximum absolute atomic E-state index is 12.6. The number of Topliss-reactive ketones (excluding diaryl/α,β-unsaturated/α-hetero) is 1. The summed E-state index contributed by atoms with van der Waals surface area (Å²) < 4.78 is 16.3. The zero-order valence-electron chi connectivity index (χ0n) is 16.7. The average Bonchev–Trinajstić information content (AvgIpc) is 3.08. The Morgan fingerprint density at radius 3 is 2.43 bits per heavy atom. The van der Waals surface area contributed by atoms with Gasteiger partial charge in [0.2, 0.25) is 5.78 Å². The van der Waals surface area contributed by atoms with Crippen molar-refractivity contribution >= 4 is 17.8 Å². The zero-order valence-corrected chi connectivity index (χ0v) is 16.7. The lowest BCUT2D eigenvalue weighted by Gasteiger charge is -2.08. The Labute approximate surface area is 174 Å². The lowest BCUT2D eigenvalue weighted by atomic mass is 10.1. The van der Waals surface area contributed by atoms with Gasteiger partial charge in [0.1, 0.15) is 18.1 Å². The van der Waals surface area contributed by atoms with Crippen LogP contribution in [0.15, 0.2) is 72.5 Å². The molecule has 0 spiro atoms. The standard InChI is InChI=1S/C25H20O5/c1-16-3-5-17(6-4-16)13-23-24(26)21-12-11-20(14-22(21)30-23)29-15-18-7-9-19(10-8-18)25(27)28-2/h3-14H,15H2,1-2H3. The van der Waals surface area contributed by atoms with Gasteiger partial charge in [0.25, 0.3) is 0 Å². The molecule has 0 fully saturated rings. The first-order valence-electron chi connectivity index (χ1n) is 9.48. The largest absolute Gasteiger partial charge is 0.489 e. The van der Waals surface area contributed by atoms with Gasteiger partial charge in [-0.15, -0.1) is 0 Å². The SMILES string of the molecule is COC(=O)c1ccc(COc2ccc3c(c2)OC(=Cc2ccc(C)cc2)C3=O)cc1. The highest BCUT2D eigenvalue weighted by atomic mass is 16.5. The van der Waals surface area contributed by atoms with Crippen LogP contribution < -0.4 is 9.47 Å². The van der Waals surface area contributed by atoms with Crippen LogP contribution in [-0.4, -0.2) is 18.9 Å². The topological polar surface area (TPSA) is 61.8 Å². The number of fused-ring (bicyclic) bond motifs is 1.